The molecule has 0 amide bonds. The Bertz CT molecular complexity index is 501. The van der Waals surface area contributed by atoms with Gasteiger partial charge in [-0.25, -0.2) is 0 Å². The van der Waals surface area contributed by atoms with Crippen LogP contribution in [0, 0.1) is 19.8 Å². The zero-order valence-corrected chi connectivity index (χ0v) is 15.7. The minimum atomic E-state index is -0.0572. The van der Waals surface area contributed by atoms with Gasteiger partial charge in [0.05, 0.1) is 17.3 Å². The Morgan fingerprint density at radius 1 is 1.22 bits per heavy atom. The molecule has 0 bridgehead atoms. The topological polar surface area (TPSA) is 50.1 Å². The first kappa shape index (κ1) is 18.5. The van der Waals surface area contributed by atoms with Crippen LogP contribution in [0.1, 0.15) is 76.2 Å². The molecule has 0 radical (unpaired) electrons. The second-order valence-corrected chi connectivity index (χ2v) is 8.16. The van der Waals surface area contributed by atoms with Crippen LogP contribution < -0.4 is 5.32 Å². The van der Waals surface area contributed by atoms with Gasteiger partial charge in [-0.05, 0) is 72.8 Å². The van der Waals surface area contributed by atoms with E-state index < -0.39 is 0 Å². The van der Waals surface area contributed by atoms with E-state index in [1.807, 2.05) is 0 Å². The van der Waals surface area contributed by atoms with Crippen LogP contribution in [0.15, 0.2) is 0 Å². The van der Waals surface area contributed by atoms with Gasteiger partial charge in [-0.15, -0.1) is 0 Å². The van der Waals surface area contributed by atoms with Crippen molar-refractivity contribution in [2.45, 2.75) is 91.3 Å². The Morgan fingerprint density at radius 2 is 1.91 bits per heavy atom. The Kier molecular flexibility index (Phi) is 6.26. The molecule has 1 aromatic heterocycles. The summed E-state index contributed by atoms with van der Waals surface area (Å²) in [6.45, 7) is 12.8. The highest BCUT2D eigenvalue weighted by Crippen LogP contribution is 2.27. The first-order valence-corrected chi connectivity index (χ1v) is 9.25. The molecular weight excluding hydrogens is 286 g/mol. The van der Waals surface area contributed by atoms with E-state index in [0.29, 0.717) is 5.92 Å². The van der Waals surface area contributed by atoms with Gasteiger partial charge < -0.3 is 10.4 Å². The van der Waals surface area contributed by atoms with E-state index in [9.17, 15) is 5.11 Å². The molecule has 2 rings (SSSR count). The molecular formula is C19H35N3O. The van der Waals surface area contributed by atoms with Gasteiger partial charge in [0.2, 0.25) is 0 Å². The number of hydrogen-bond donors (Lipinski definition) is 2. The van der Waals surface area contributed by atoms with Gasteiger partial charge in [0.1, 0.15) is 0 Å². The third-order valence-electron chi connectivity index (χ3n) is 5.18. The van der Waals surface area contributed by atoms with Crippen molar-refractivity contribution in [1.29, 1.82) is 0 Å². The van der Waals surface area contributed by atoms with Crippen molar-refractivity contribution in [3.63, 3.8) is 0 Å². The molecule has 0 aliphatic heterocycles. The number of nitrogens with one attached hydrogen (secondary N) is 1. The van der Waals surface area contributed by atoms with Crippen LogP contribution in [0.5, 0.6) is 0 Å². The summed E-state index contributed by atoms with van der Waals surface area (Å²) in [6.07, 6.45) is 6.94. The predicted molar refractivity (Wildman–Crippen MR) is 95.6 cm³/mol. The van der Waals surface area contributed by atoms with E-state index >= 15 is 0 Å². The molecule has 1 aromatic rings. The van der Waals surface area contributed by atoms with Gasteiger partial charge >= 0.3 is 0 Å². The Balaban J connectivity index is 1.77. The van der Waals surface area contributed by atoms with Crippen molar-refractivity contribution in [2.24, 2.45) is 5.92 Å². The first-order chi connectivity index (χ1) is 10.8. The van der Waals surface area contributed by atoms with Crippen LogP contribution >= 0.6 is 0 Å². The molecule has 4 nitrogen and oxygen atoms in total. The standard InChI is InChI=1S/C19H35N3O/c1-14-17(15(2)22(21-14)19(3,4)5)13-20-12-8-10-16-9-6-7-11-18(16)23/h16,18,20,23H,6-13H2,1-5H3. The van der Waals surface area contributed by atoms with Crippen molar-refractivity contribution in [3.8, 4) is 0 Å². The van der Waals surface area contributed by atoms with Crippen molar-refractivity contribution in [2.75, 3.05) is 6.54 Å². The zero-order valence-electron chi connectivity index (χ0n) is 15.7. The van der Waals surface area contributed by atoms with Crippen molar-refractivity contribution >= 4 is 0 Å². The van der Waals surface area contributed by atoms with E-state index in [-0.39, 0.29) is 11.6 Å². The fraction of sp³-hybridized carbons (Fsp3) is 0.842. The SMILES string of the molecule is Cc1nn(C(C)(C)C)c(C)c1CNCCCC1CCCCC1O. The van der Waals surface area contributed by atoms with Gasteiger partial charge in [0.15, 0.2) is 0 Å². The maximum atomic E-state index is 10.0. The highest BCUT2D eigenvalue weighted by molar-refractivity contribution is 5.25. The van der Waals surface area contributed by atoms with Crippen LogP contribution in [0.2, 0.25) is 0 Å². The van der Waals surface area contributed by atoms with E-state index in [1.165, 1.54) is 30.5 Å². The van der Waals surface area contributed by atoms with E-state index in [4.69, 9.17) is 5.10 Å². The highest BCUT2D eigenvalue weighted by Gasteiger charge is 2.22. The highest BCUT2D eigenvalue weighted by atomic mass is 16.3. The van der Waals surface area contributed by atoms with Crippen LogP contribution in [0.25, 0.3) is 0 Å². The second kappa shape index (κ2) is 7.80. The quantitative estimate of drug-likeness (QED) is 0.786. The molecule has 132 valence electrons. The van der Waals surface area contributed by atoms with Crippen LogP contribution in [0.4, 0.5) is 0 Å². The monoisotopic (exact) mass is 321 g/mol. The zero-order chi connectivity index (χ0) is 17.0. The molecule has 2 N–H and O–H groups in total. The van der Waals surface area contributed by atoms with Crippen LogP contribution in [0.3, 0.4) is 0 Å². The third kappa shape index (κ3) is 4.80. The fourth-order valence-electron chi connectivity index (χ4n) is 3.81. The van der Waals surface area contributed by atoms with Gasteiger partial charge in [0.25, 0.3) is 0 Å². The number of rotatable bonds is 6. The summed E-state index contributed by atoms with van der Waals surface area (Å²) in [4.78, 5) is 0. The van der Waals surface area contributed by atoms with E-state index in [1.54, 1.807) is 0 Å². The van der Waals surface area contributed by atoms with Gasteiger partial charge in [0, 0.05) is 17.8 Å². The number of aliphatic hydroxyl groups excluding tert-OH is 1. The van der Waals surface area contributed by atoms with Gasteiger partial charge in [-0.2, -0.15) is 5.10 Å². The molecule has 2 atom stereocenters. The van der Waals surface area contributed by atoms with E-state index in [0.717, 1.165) is 38.0 Å². The van der Waals surface area contributed by atoms with Crippen LogP contribution in [-0.4, -0.2) is 27.5 Å². The summed E-state index contributed by atoms with van der Waals surface area (Å²) < 4.78 is 2.14. The molecule has 1 fully saturated rings. The maximum absolute atomic E-state index is 10.0. The van der Waals surface area contributed by atoms with Crippen molar-refractivity contribution < 1.29 is 5.11 Å². The molecule has 1 heterocycles. The molecule has 4 heteroatoms. The molecule has 0 aromatic carbocycles. The predicted octanol–water partition coefficient (Wildman–Crippen LogP) is 3.68. The molecule has 23 heavy (non-hydrogen) atoms. The molecule has 2 unspecified atom stereocenters. The average Bonchev–Trinajstić information content (AvgIpc) is 2.76. The molecule has 1 aliphatic carbocycles. The maximum Gasteiger partial charge on any atom is 0.0641 e. The Labute approximate surface area is 141 Å². The number of aryl methyl sites for hydroxylation is 1. The van der Waals surface area contributed by atoms with Crippen molar-refractivity contribution in [3.05, 3.63) is 17.0 Å². The average molecular weight is 322 g/mol. The second-order valence-electron chi connectivity index (χ2n) is 8.16. The summed E-state index contributed by atoms with van der Waals surface area (Å²) in [5, 5.41) is 18.3. The molecule has 1 saturated carbocycles. The number of hydrogen-bond acceptors (Lipinski definition) is 3. The number of aliphatic hydroxyl groups is 1. The molecule has 0 spiro atoms. The Hall–Kier alpha value is -0.870. The van der Waals surface area contributed by atoms with Gasteiger partial charge in [-0.3, -0.25) is 4.68 Å². The largest absolute Gasteiger partial charge is 0.393 e. The summed E-state index contributed by atoms with van der Waals surface area (Å²) >= 11 is 0. The van der Waals surface area contributed by atoms with Crippen molar-refractivity contribution in [1.82, 2.24) is 15.1 Å². The van der Waals surface area contributed by atoms with Gasteiger partial charge in [-0.1, -0.05) is 12.8 Å². The summed E-state index contributed by atoms with van der Waals surface area (Å²) in [5.41, 5.74) is 3.76. The lowest BCUT2D eigenvalue weighted by Gasteiger charge is -2.27. The smallest absolute Gasteiger partial charge is 0.0641 e. The van der Waals surface area contributed by atoms with Crippen LogP contribution in [-0.2, 0) is 12.1 Å². The normalized spacial score (nSPS) is 22.5. The number of nitrogens with zero attached hydrogens (tertiary/aromatic N) is 2. The lowest BCUT2D eigenvalue weighted by Crippen LogP contribution is -2.26. The lowest BCUT2D eigenvalue weighted by molar-refractivity contribution is 0.0643. The molecule has 0 saturated heterocycles. The first-order valence-electron chi connectivity index (χ1n) is 9.25. The number of aromatic nitrogens is 2. The third-order valence-corrected chi connectivity index (χ3v) is 5.18. The minimum absolute atomic E-state index is 0.0320. The summed E-state index contributed by atoms with van der Waals surface area (Å²) in [5.74, 6) is 0.526. The minimum Gasteiger partial charge on any atom is -0.393 e. The fourth-order valence-corrected chi connectivity index (χ4v) is 3.81. The summed E-state index contributed by atoms with van der Waals surface area (Å²) in [6, 6.07) is 0. The lowest BCUT2D eigenvalue weighted by atomic mass is 9.83. The molecule has 1 aliphatic rings. The summed E-state index contributed by atoms with van der Waals surface area (Å²) in [7, 11) is 0. The Morgan fingerprint density at radius 3 is 2.52 bits per heavy atom. The van der Waals surface area contributed by atoms with E-state index in [2.05, 4.69) is 44.6 Å².